The minimum Gasteiger partial charge on any atom is -0.372 e. The van der Waals surface area contributed by atoms with Gasteiger partial charge in [-0.2, -0.15) is 0 Å². The van der Waals surface area contributed by atoms with Crippen LogP contribution in [0.15, 0.2) is 0 Å². The maximum atomic E-state index is 11.6. The second-order valence-electron chi connectivity index (χ2n) is 3.40. The molecule has 0 saturated carbocycles. The number of nitrogens with two attached hydrogens (primary N) is 1. The zero-order valence-electron chi connectivity index (χ0n) is 9.11. The first-order valence-corrected chi connectivity index (χ1v) is 4.51. The number of hydrogen-bond acceptors (Lipinski definition) is 3. The molecule has 1 unspecified atom stereocenters. The Kier molecular flexibility index (Phi) is 5.15. The van der Waals surface area contributed by atoms with E-state index in [1.807, 2.05) is 13.8 Å². The number of ether oxygens (including phenoxy) is 1. The number of nitrogens with zero attached hydrogens (tertiary/aromatic N) is 1. The molecule has 0 aliphatic heterocycles. The summed E-state index contributed by atoms with van der Waals surface area (Å²) in [6.07, 6.45) is -0.545. The summed E-state index contributed by atoms with van der Waals surface area (Å²) < 4.78 is 4.88. The minimum atomic E-state index is -0.545. The van der Waals surface area contributed by atoms with E-state index in [2.05, 4.69) is 0 Å². The molecule has 0 aromatic heterocycles. The molecular formula is C9H18N2O3. The van der Waals surface area contributed by atoms with E-state index in [0.29, 0.717) is 0 Å². The summed E-state index contributed by atoms with van der Waals surface area (Å²) in [5.74, 6) is -0.739. The van der Waals surface area contributed by atoms with E-state index in [1.165, 1.54) is 12.0 Å². The second-order valence-corrected chi connectivity index (χ2v) is 3.40. The first kappa shape index (κ1) is 12.9. The monoisotopic (exact) mass is 202 g/mol. The fourth-order valence-corrected chi connectivity index (χ4v) is 1.02. The van der Waals surface area contributed by atoms with Gasteiger partial charge in [-0.15, -0.1) is 0 Å². The number of carbonyl (C=O) groups excluding carboxylic acids is 2. The van der Waals surface area contributed by atoms with Gasteiger partial charge in [0.05, 0.1) is 6.54 Å². The van der Waals surface area contributed by atoms with Crippen molar-refractivity contribution in [3.8, 4) is 0 Å². The molecule has 0 aliphatic carbocycles. The number of hydrogen-bond donors (Lipinski definition) is 1. The summed E-state index contributed by atoms with van der Waals surface area (Å²) in [5, 5.41) is 0. The van der Waals surface area contributed by atoms with Crippen molar-refractivity contribution in [3.05, 3.63) is 0 Å². The lowest BCUT2D eigenvalue weighted by atomic mass is 10.2. The molecule has 2 N–H and O–H groups in total. The molecular weight excluding hydrogens is 184 g/mol. The summed E-state index contributed by atoms with van der Waals surface area (Å²) in [7, 11) is 1.45. The van der Waals surface area contributed by atoms with Crippen molar-refractivity contribution < 1.29 is 14.3 Å². The van der Waals surface area contributed by atoms with E-state index in [4.69, 9.17) is 10.5 Å². The SMILES string of the molecule is COC(C)C(=O)N(CC(N)=O)C(C)C. The molecule has 0 radical (unpaired) electrons. The number of carbonyl (C=O) groups is 2. The van der Waals surface area contributed by atoms with Gasteiger partial charge in [0.1, 0.15) is 6.10 Å². The maximum absolute atomic E-state index is 11.6. The van der Waals surface area contributed by atoms with Gasteiger partial charge in [0.15, 0.2) is 0 Å². The summed E-state index contributed by atoms with van der Waals surface area (Å²) in [6.45, 7) is 5.22. The lowest BCUT2D eigenvalue weighted by Crippen LogP contribution is -2.47. The van der Waals surface area contributed by atoms with Crippen LogP contribution in [0.2, 0.25) is 0 Å². The zero-order valence-corrected chi connectivity index (χ0v) is 9.11. The Bertz CT molecular complexity index is 216. The number of rotatable bonds is 5. The van der Waals surface area contributed by atoms with Gasteiger partial charge in [-0.05, 0) is 20.8 Å². The largest absolute Gasteiger partial charge is 0.372 e. The molecule has 5 nitrogen and oxygen atoms in total. The van der Waals surface area contributed by atoms with E-state index in [9.17, 15) is 9.59 Å². The highest BCUT2D eigenvalue weighted by atomic mass is 16.5. The molecule has 0 heterocycles. The summed E-state index contributed by atoms with van der Waals surface area (Å²) >= 11 is 0. The molecule has 14 heavy (non-hydrogen) atoms. The van der Waals surface area contributed by atoms with Crippen LogP contribution < -0.4 is 5.73 Å². The molecule has 82 valence electrons. The van der Waals surface area contributed by atoms with Crippen LogP contribution in [-0.4, -0.2) is 42.5 Å². The highest BCUT2D eigenvalue weighted by Crippen LogP contribution is 2.03. The van der Waals surface area contributed by atoms with Crippen LogP contribution >= 0.6 is 0 Å². The summed E-state index contributed by atoms with van der Waals surface area (Å²) in [4.78, 5) is 23.8. The minimum absolute atomic E-state index is 0.0624. The first-order valence-electron chi connectivity index (χ1n) is 4.51. The predicted molar refractivity (Wildman–Crippen MR) is 52.5 cm³/mol. The van der Waals surface area contributed by atoms with Crippen LogP contribution in [0.1, 0.15) is 20.8 Å². The average Bonchev–Trinajstić information content (AvgIpc) is 2.11. The van der Waals surface area contributed by atoms with Crippen molar-refractivity contribution in [2.24, 2.45) is 5.73 Å². The van der Waals surface area contributed by atoms with E-state index < -0.39 is 12.0 Å². The van der Waals surface area contributed by atoms with Crippen LogP contribution in [-0.2, 0) is 14.3 Å². The molecule has 0 rings (SSSR count). The molecule has 0 bridgehead atoms. The Morgan fingerprint density at radius 2 is 1.86 bits per heavy atom. The fourth-order valence-electron chi connectivity index (χ4n) is 1.02. The van der Waals surface area contributed by atoms with Gasteiger partial charge in [0.2, 0.25) is 5.91 Å². The Hall–Kier alpha value is -1.10. The van der Waals surface area contributed by atoms with E-state index in [1.54, 1.807) is 6.92 Å². The molecule has 0 aromatic rings. The third-order valence-corrected chi connectivity index (χ3v) is 1.93. The number of primary amides is 1. The van der Waals surface area contributed by atoms with Gasteiger partial charge in [0, 0.05) is 13.2 Å². The van der Waals surface area contributed by atoms with Crippen LogP contribution in [0.5, 0.6) is 0 Å². The van der Waals surface area contributed by atoms with Gasteiger partial charge in [-0.3, -0.25) is 9.59 Å². The van der Waals surface area contributed by atoms with E-state index in [-0.39, 0.29) is 18.5 Å². The van der Waals surface area contributed by atoms with Gasteiger partial charge in [-0.25, -0.2) is 0 Å². The maximum Gasteiger partial charge on any atom is 0.252 e. The van der Waals surface area contributed by atoms with Crippen LogP contribution in [0.4, 0.5) is 0 Å². The van der Waals surface area contributed by atoms with Gasteiger partial charge < -0.3 is 15.4 Å². The summed E-state index contributed by atoms with van der Waals surface area (Å²) in [5.41, 5.74) is 5.04. The van der Waals surface area contributed by atoms with Crippen molar-refractivity contribution in [2.75, 3.05) is 13.7 Å². The van der Waals surface area contributed by atoms with E-state index >= 15 is 0 Å². The van der Waals surface area contributed by atoms with Crippen LogP contribution in [0, 0.1) is 0 Å². The molecule has 0 aliphatic rings. The van der Waals surface area contributed by atoms with Gasteiger partial charge >= 0.3 is 0 Å². The van der Waals surface area contributed by atoms with Crippen molar-refractivity contribution in [1.82, 2.24) is 4.90 Å². The van der Waals surface area contributed by atoms with Crippen molar-refractivity contribution in [3.63, 3.8) is 0 Å². The summed E-state index contributed by atoms with van der Waals surface area (Å²) in [6, 6.07) is -0.0624. The van der Waals surface area contributed by atoms with Gasteiger partial charge in [0.25, 0.3) is 5.91 Å². The second kappa shape index (κ2) is 5.59. The molecule has 1 atom stereocenters. The van der Waals surface area contributed by atoms with Crippen LogP contribution in [0.25, 0.3) is 0 Å². The molecule has 0 spiro atoms. The lowest BCUT2D eigenvalue weighted by Gasteiger charge is -2.27. The molecule has 0 fully saturated rings. The molecule has 0 saturated heterocycles. The van der Waals surface area contributed by atoms with Crippen molar-refractivity contribution in [1.29, 1.82) is 0 Å². The Balaban J connectivity index is 4.49. The fraction of sp³-hybridized carbons (Fsp3) is 0.778. The Morgan fingerprint density at radius 1 is 1.36 bits per heavy atom. The van der Waals surface area contributed by atoms with Crippen LogP contribution in [0.3, 0.4) is 0 Å². The highest BCUT2D eigenvalue weighted by Gasteiger charge is 2.23. The number of methoxy groups -OCH3 is 1. The third kappa shape index (κ3) is 3.74. The normalized spacial score (nSPS) is 12.6. The van der Waals surface area contributed by atoms with Crippen molar-refractivity contribution >= 4 is 11.8 Å². The van der Waals surface area contributed by atoms with E-state index in [0.717, 1.165) is 0 Å². The predicted octanol–water partition coefficient (Wildman–Crippen LogP) is -0.256. The first-order chi connectivity index (χ1) is 6.40. The Morgan fingerprint density at radius 3 is 2.14 bits per heavy atom. The average molecular weight is 202 g/mol. The zero-order chi connectivity index (χ0) is 11.3. The lowest BCUT2D eigenvalue weighted by molar-refractivity contribution is -0.145. The topological polar surface area (TPSA) is 72.6 Å². The highest BCUT2D eigenvalue weighted by molar-refractivity contribution is 5.86. The van der Waals surface area contributed by atoms with Crippen molar-refractivity contribution in [2.45, 2.75) is 32.9 Å². The smallest absolute Gasteiger partial charge is 0.252 e. The molecule has 2 amide bonds. The molecule has 5 heteroatoms. The third-order valence-electron chi connectivity index (χ3n) is 1.93. The quantitative estimate of drug-likeness (QED) is 0.667. The standard InChI is InChI=1S/C9H18N2O3/c1-6(2)11(5-8(10)12)9(13)7(3)14-4/h6-7H,5H2,1-4H3,(H2,10,12). The number of amides is 2. The van der Waals surface area contributed by atoms with Gasteiger partial charge in [-0.1, -0.05) is 0 Å². The molecule has 0 aromatic carbocycles. The Labute approximate surface area is 84.2 Å².